The van der Waals surface area contributed by atoms with Crippen molar-refractivity contribution in [3.63, 3.8) is 0 Å². The number of urea groups is 1. The highest BCUT2D eigenvalue weighted by Gasteiger charge is 2.36. The highest BCUT2D eigenvalue weighted by molar-refractivity contribution is 6.00. The van der Waals surface area contributed by atoms with Gasteiger partial charge in [0, 0.05) is 30.7 Å². The molecule has 3 aromatic carbocycles. The summed E-state index contributed by atoms with van der Waals surface area (Å²) < 4.78 is 46.5. The zero-order valence-electron chi connectivity index (χ0n) is 28.5. The summed E-state index contributed by atoms with van der Waals surface area (Å²) in [6.45, 7) is 4.41. The van der Waals surface area contributed by atoms with Crippen LogP contribution in [0.1, 0.15) is 54.7 Å². The summed E-state index contributed by atoms with van der Waals surface area (Å²) in [6.07, 6.45) is -2.64. The number of nitrogens with zero attached hydrogens (tertiary/aromatic N) is 1. The van der Waals surface area contributed by atoms with Gasteiger partial charge in [-0.15, -0.1) is 0 Å². The Balaban J connectivity index is 1.34. The van der Waals surface area contributed by atoms with Gasteiger partial charge in [-0.3, -0.25) is 9.59 Å². The lowest BCUT2D eigenvalue weighted by atomic mass is 9.98. The van der Waals surface area contributed by atoms with Gasteiger partial charge in [0.25, 0.3) is 0 Å². The van der Waals surface area contributed by atoms with Gasteiger partial charge in [0.05, 0.1) is 31.5 Å². The molecule has 0 radical (unpaired) electrons. The molecule has 2 heterocycles. The van der Waals surface area contributed by atoms with Crippen molar-refractivity contribution in [1.82, 2.24) is 21.3 Å². The van der Waals surface area contributed by atoms with Crippen LogP contribution in [0.2, 0.25) is 0 Å². The van der Waals surface area contributed by atoms with Crippen molar-refractivity contribution < 1.29 is 37.1 Å². The number of rotatable bonds is 13. The van der Waals surface area contributed by atoms with E-state index in [1.807, 2.05) is 68.4 Å². The number of fused-ring (bicyclic) bond motifs is 1. The molecular formula is C38H42F3N5O5. The third-order valence-corrected chi connectivity index (χ3v) is 8.68. The molecule has 0 unspecified atom stereocenters. The molecule has 5 N–H and O–H groups in total. The Hall–Kier alpha value is -5.14. The molecule has 0 fully saturated rings. The lowest BCUT2D eigenvalue weighted by Gasteiger charge is -2.29. The number of hydrogen-bond acceptors (Lipinski definition) is 6. The van der Waals surface area contributed by atoms with Crippen LogP contribution in [0.3, 0.4) is 0 Å². The minimum Gasteiger partial charge on any atom is -0.468 e. The molecular weight excluding hydrogens is 663 g/mol. The first-order valence-electron chi connectivity index (χ1n) is 16.7. The van der Waals surface area contributed by atoms with Crippen molar-refractivity contribution in [3.05, 3.63) is 113 Å². The van der Waals surface area contributed by atoms with Gasteiger partial charge in [0.1, 0.15) is 11.8 Å². The SMILES string of the molecule is CC(C)(CC(=O)N[C@@H]1CCc2cc(C(F)(F)F)ccc2N(Cc2ccc(-c3ccccc3CNC(=O)NCCO)cc2)C1=O)NCc1ccco1. The fourth-order valence-corrected chi connectivity index (χ4v) is 6.04. The summed E-state index contributed by atoms with van der Waals surface area (Å²) in [6, 6.07) is 20.6. The molecule has 0 spiro atoms. The zero-order valence-corrected chi connectivity index (χ0v) is 28.5. The van der Waals surface area contributed by atoms with E-state index in [4.69, 9.17) is 9.52 Å². The molecule has 0 bridgehead atoms. The third-order valence-electron chi connectivity index (χ3n) is 8.68. The molecule has 51 heavy (non-hydrogen) atoms. The number of carbonyl (C=O) groups excluding carboxylic acids is 3. The molecule has 1 aliphatic rings. The minimum atomic E-state index is -4.55. The number of amides is 4. The number of furan rings is 1. The summed E-state index contributed by atoms with van der Waals surface area (Å²) in [7, 11) is 0. The van der Waals surface area contributed by atoms with Crippen LogP contribution in [-0.4, -0.2) is 47.7 Å². The topological polar surface area (TPSA) is 136 Å². The highest BCUT2D eigenvalue weighted by atomic mass is 19.4. The number of halogens is 3. The summed E-state index contributed by atoms with van der Waals surface area (Å²) in [5.74, 6) is -0.0681. The number of alkyl halides is 3. The molecule has 1 aromatic heterocycles. The Morgan fingerprint density at radius 1 is 0.961 bits per heavy atom. The Morgan fingerprint density at radius 3 is 2.43 bits per heavy atom. The van der Waals surface area contributed by atoms with Crippen LogP contribution in [0.4, 0.5) is 23.7 Å². The Bertz CT molecular complexity index is 1810. The number of aliphatic hydroxyl groups excluding tert-OH is 1. The van der Waals surface area contributed by atoms with E-state index < -0.39 is 35.3 Å². The second-order valence-electron chi connectivity index (χ2n) is 13.1. The zero-order chi connectivity index (χ0) is 36.6. The van der Waals surface area contributed by atoms with Crippen molar-refractivity contribution in [3.8, 4) is 11.1 Å². The Labute approximate surface area is 294 Å². The van der Waals surface area contributed by atoms with Crippen LogP contribution in [0.25, 0.3) is 11.1 Å². The molecule has 10 nitrogen and oxygen atoms in total. The third kappa shape index (κ3) is 9.98. The summed E-state index contributed by atoms with van der Waals surface area (Å²) in [5, 5.41) is 20.4. The first-order valence-corrected chi connectivity index (χ1v) is 16.7. The largest absolute Gasteiger partial charge is 0.468 e. The number of carbonyl (C=O) groups is 3. The van der Waals surface area contributed by atoms with Crippen LogP contribution in [0, 0.1) is 0 Å². The monoisotopic (exact) mass is 705 g/mol. The van der Waals surface area contributed by atoms with E-state index in [0.717, 1.165) is 34.4 Å². The second kappa shape index (κ2) is 16.3. The van der Waals surface area contributed by atoms with E-state index in [2.05, 4.69) is 21.3 Å². The summed E-state index contributed by atoms with van der Waals surface area (Å²) in [5.41, 5.74) is 2.62. The number of anilines is 1. The lowest BCUT2D eigenvalue weighted by Crippen LogP contribution is -2.50. The number of aryl methyl sites for hydroxylation is 1. The molecule has 13 heteroatoms. The smallest absolute Gasteiger partial charge is 0.416 e. The van der Waals surface area contributed by atoms with E-state index in [1.54, 1.807) is 12.3 Å². The molecule has 0 aliphatic carbocycles. The summed E-state index contributed by atoms with van der Waals surface area (Å²) in [4.78, 5) is 40.9. The first kappa shape index (κ1) is 37.1. The second-order valence-corrected chi connectivity index (χ2v) is 13.1. The molecule has 4 aromatic rings. The van der Waals surface area contributed by atoms with Gasteiger partial charge in [0.2, 0.25) is 11.8 Å². The van der Waals surface area contributed by atoms with Gasteiger partial charge in [-0.25, -0.2) is 4.79 Å². The van der Waals surface area contributed by atoms with Crippen molar-refractivity contribution in [1.29, 1.82) is 0 Å². The van der Waals surface area contributed by atoms with Crippen molar-refractivity contribution in [2.45, 2.75) is 70.5 Å². The molecule has 0 saturated heterocycles. The molecule has 1 atom stereocenters. The molecule has 5 rings (SSSR count). The lowest BCUT2D eigenvalue weighted by molar-refractivity contribution is -0.137. The van der Waals surface area contributed by atoms with E-state index in [0.29, 0.717) is 23.6 Å². The number of hydrogen-bond donors (Lipinski definition) is 5. The highest BCUT2D eigenvalue weighted by Crippen LogP contribution is 2.36. The Morgan fingerprint density at radius 2 is 1.73 bits per heavy atom. The van der Waals surface area contributed by atoms with E-state index in [-0.39, 0.29) is 51.4 Å². The first-order chi connectivity index (χ1) is 24.3. The van der Waals surface area contributed by atoms with Gasteiger partial charge in [-0.1, -0.05) is 48.5 Å². The van der Waals surface area contributed by atoms with Crippen molar-refractivity contribution in [2.24, 2.45) is 0 Å². The minimum absolute atomic E-state index is 0.0500. The van der Waals surface area contributed by atoms with Crippen LogP contribution in [0.5, 0.6) is 0 Å². The number of aliphatic hydroxyl groups is 1. The standard InChI is InChI=1S/C38H42F3N5O5/c1-37(2,44-23-30-7-5-19-51-30)21-34(48)45-32-15-13-27-20-29(38(39,40)41)14-16-33(27)46(35(32)49)24-25-9-11-26(12-10-25)31-8-4-3-6-28(31)22-43-36(50)42-17-18-47/h3-12,14,16,19-20,32,44,47H,13,15,17-18,21-24H2,1-2H3,(H,45,48)(H2,42,43,50)/t32-/m1/s1. The number of benzene rings is 3. The maximum atomic E-state index is 14.1. The van der Waals surface area contributed by atoms with Gasteiger partial charge in [-0.2, -0.15) is 13.2 Å². The fraction of sp³-hybridized carbons (Fsp3) is 0.342. The van der Waals surface area contributed by atoms with Crippen LogP contribution in [-0.2, 0) is 41.8 Å². The maximum absolute atomic E-state index is 14.1. The number of nitrogens with one attached hydrogen (secondary N) is 4. The van der Waals surface area contributed by atoms with Gasteiger partial charge in [-0.05, 0) is 84.8 Å². The van der Waals surface area contributed by atoms with Gasteiger partial charge < -0.3 is 35.7 Å². The summed E-state index contributed by atoms with van der Waals surface area (Å²) >= 11 is 0. The van der Waals surface area contributed by atoms with Gasteiger partial charge in [0.15, 0.2) is 0 Å². The normalized spacial score (nSPS) is 14.8. The van der Waals surface area contributed by atoms with Crippen LogP contribution >= 0.6 is 0 Å². The predicted octanol–water partition coefficient (Wildman–Crippen LogP) is 5.68. The molecule has 1 aliphatic heterocycles. The predicted molar refractivity (Wildman–Crippen MR) is 186 cm³/mol. The quantitative estimate of drug-likeness (QED) is 0.122. The molecule has 4 amide bonds. The van der Waals surface area contributed by atoms with Crippen LogP contribution < -0.4 is 26.2 Å². The Kier molecular flexibility index (Phi) is 11.8. The fourth-order valence-electron chi connectivity index (χ4n) is 6.04. The average molecular weight is 706 g/mol. The maximum Gasteiger partial charge on any atom is 0.416 e. The van der Waals surface area contributed by atoms with Gasteiger partial charge >= 0.3 is 12.2 Å². The van der Waals surface area contributed by atoms with E-state index in [9.17, 15) is 27.6 Å². The average Bonchev–Trinajstić information content (AvgIpc) is 3.59. The molecule has 270 valence electrons. The van der Waals surface area contributed by atoms with Crippen LogP contribution in [0.15, 0.2) is 89.5 Å². The van der Waals surface area contributed by atoms with Crippen molar-refractivity contribution >= 4 is 23.5 Å². The van der Waals surface area contributed by atoms with Crippen molar-refractivity contribution in [2.75, 3.05) is 18.1 Å². The van der Waals surface area contributed by atoms with E-state index in [1.165, 1.54) is 11.0 Å². The molecule has 0 saturated carbocycles. The van der Waals surface area contributed by atoms with E-state index >= 15 is 0 Å².